The van der Waals surface area contributed by atoms with Crippen LogP contribution in [0.1, 0.15) is 27.0 Å². The second-order valence-electron chi connectivity index (χ2n) is 4.58. The Kier molecular flexibility index (Phi) is 4.07. The molecule has 0 saturated heterocycles. The van der Waals surface area contributed by atoms with Crippen LogP contribution in [0.25, 0.3) is 0 Å². The molecule has 0 bridgehead atoms. The fourth-order valence-electron chi connectivity index (χ4n) is 1.86. The van der Waals surface area contributed by atoms with E-state index in [1.807, 2.05) is 38.1 Å². The fraction of sp³-hybridized carbons (Fsp3) is 0.125. The van der Waals surface area contributed by atoms with E-state index in [1.165, 1.54) is 0 Å². The number of aryl methyl sites for hydroxylation is 2. The van der Waals surface area contributed by atoms with Crippen molar-refractivity contribution in [3.05, 3.63) is 63.7 Å². The van der Waals surface area contributed by atoms with Gasteiger partial charge in [0.05, 0.1) is 22.3 Å². The lowest BCUT2D eigenvalue weighted by atomic mass is 10.0. The molecule has 0 unspecified atom stereocenters. The number of halogens is 1. The average Bonchev–Trinajstić information content (AvgIpc) is 2.43. The molecule has 100 valence electrons. The van der Waals surface area contributed by atoms with Crippen molar-refractivity contribution in [2.75, 3.05) is 5.32 Å². The Labute approximate surface area is 122 Å². The van der Waals surface area contributed by atoms with E-state index < -0.39 is 0 Å². The second kappa shape index (κ2) is 5.77. The Morgan fingerprint density at radius 1 is 1.20 bits per heavy atom. The quantitative estimate of drug-likeness (QED) is 0.903. The van der Waals surface area contributed by atoms with Crippen LogP contribution in [0.15, 0.2) is 36.4 Å². The summed E-state index contributed by atoms with van der Waals surface area (Å²) in [5, 5.41) is 12.0. The van der Waals surface area contributed by atoms with Gasteiger partial charge >= 0.3 is 0 Å². The van der Waals surface area contributed by atoms with Crippen LogP contribution < -0.4 is 5.32 Å². The minimum absolute atomic E-state index is 0.233. The van der Waals surface area contributed by atoms with Crippen molar-refractivity contribution >= 4 is 23.2 Å². The van der Waals surface area contributed by atoms with Gasteiger partial charge in [0.25, 0.3) is 5.91 Å². The number of anilines is 1. The summed E-state index contributed by atoms with van der Waals surface area (Å²) in [7, 11) is 0. The molecule has 2 aromatic rings. The zero-order valence-electron chi connectivity index (χ0n) is 11.2. The SMILES string of the molecule is Cc1ccc(C)c(C(=O)Nc2cc(C#N)ccc2Cl)c1. The molecule has 0 heterocycles. The molecule has 0 atom stereocenters. The second-order valence-corrected chi connectivity index (χ2v) is 4.99. The van der Waals surface area contributed by atoms with Gasteiger partial charge in [0.2, 0.25) is 0 Å². The van der Waals surface area contributed by atoms with Gasteiger partial charge in [-0.2, -0.15) is 5.26 Å². The first kappa shape index (κ1) is 14.1. The molecule has 3 nitrogen and oxygen atoms in total. The van der Waals surface area contributed by atoms with E-state index in [2.05, 4.69) is 5.32 Å². The van der Waals surface area contributed by atoms with Crippen molar-refractivity contribution in [2.45, 2.75) is 13.8 Å². The van der Waals surface area contributed by atoms with Crippen molar-refractivity contribution in [1.29, 1.82) is 5.26 Å². The van der Waals surface area contributed by atoms with E-state index >= 15 is 0 Å². The third-order valence-corrected chi connectivity index (χ3v) is 3.31. The van der Waals surface area contributed by atoms with Gasteiger partial charge in [0.1, 0.15) is 0 Å². The van der Waals surface area contributed by atoms with E-state index in [9.17, 15) is 4.79 Å². The predicted molar refractivity (Wildman–Crippen MR) is 80.0 cm³/mol. The van der Waals surface area contributed by atoms with Gasteiger partial charge in [0.15, 0.2) is 0 Å². The largest absolute Gasteiger partial charge is 0.321 e. The molecule has 2 aromatic carbocycles. The highest BCUT2D eigenvalue weighted by Gasteiger charge is 2.11. The van der Waals surface area contributed by atoms with Gasteiger partial charge < -0.3 is 5.32 Å². The van der Waals surface area contributed by atoms with Gasteiger partial charge in [-0.3, -0.25) is 4.79 Å². The van der Waals surface area contributed by atoms with Gasteiger partial charge in [-0.1, -0.05) is 29.3 Å². The number of nitriles is 1. The maximum atomic E-state index is 12.3. The van der Waals surface area contributed by atoms with Crippen LogP contribution >= 0.6 is 11.6 Å². The minimum Gasteiger partial charge on any atom is -0.321 e. The summed E-state index contributed by atoms with van der Waals surface area (Å²) in [6, 6.07) is 12.5. The first-order valence-electron chi connectivity index (χ1n) is 6.09. The molecule has 20 heavy (non-hydrogen) atoms. The summed E-state index contributed by atoms with van der Waals surface area (Å²) < 4.78 is 0. The topological polar surface area (TPSA) is 52.9 Å². The van der Waals surface area contributed by atoms with Crippen LogP contribution in [-0.2, 0) is 0 Å². The molecular formula is C16H13ClN2O. The number of amides is 1. The first-order valence-corrected chi connectivity index (χ1v) is 6.47. The zero-order chi connectivity index (χ0) is 14.7. The molecule has 1 amide bonds. The number of rotatable bonds is 2. The number of hydrogen-bond acceptors (Lipinski definition) is 2. The minimum atomic E-state index is -0.233. The third kappa shape index (κ3) is 2.98. The predicted octanol–water partition coefficient (Wildman–Crippen LogP) is 4.08. The zero-order valence-corrected chi connectivity index (χ0v) is 12.0. The summed E-state index contributed by atoms with van der Waals surface area (Å²) in [6.45, 7) is 3.81. The monoisotopic (exact) mass is 284 g/mol. The Balaban J connectivity index is 2.33. The molecule has 2 rings (SSSR count). The van der Waals surface area contributed by atoms with Gasteiger partial charge in [0, 0.05) is 5.56 Å². The Morgan fingerprint density at radius 2 is 1.95 bits per heavy atom. The molecule has 0 aromatic heterocycles. The van der Waals surface area contributed by atoms with Crippen LogP contribution in [0.2, 0.25) is 5.02 Å². The Bertz CT molecular complexity index is 717. The number of benzene rings is 2. The maximum Gasteiger partial charge on any atom is 0.255 e. The van der Waals surface area contributed by atoms with Crippen LogP contribution in [0, 0.1) is 25.2 Å². The number of nitrogens with zero attached hydrogens (tertiary/aromatic N) is 1. The highest BCUT2D eigenvalue weighted by atomic mass is 35.5. The van der Waals surface area contributed by atoms with Gasteiger partial charge in [-0.25, -0.2) is 0 Å². The molecule has 0 spiro atoms. The van der Waals surface area contributed by atoms with Crippen molar-refractivity contribution in [3.63, 3.8) is 0 Å². The maximum absolute atomic E-state index is 12.3. The molecule has 0 saturated carbocycles. The summed E-state index contributed by atoms with van der Waals surface area (Å²) in [4.78, 5) is 12.3. The van der Waals surface area contributed by atoms with Crippen molar-refractivity contribution in [2.24, 2.45) is 0 Å². The van der Waals surface area contributed by atoms with Crippen molar-refractivity contribution in [3.8, 4) is 6.07 Å². The molecule has 0 radical (unpaired) electrons. The first-order chi connectivity index (χ1) is 9.51. The summed E-state index contributed by atoms with van der Waals surface area (Å²) in [5.74, 6) is -0.233. The highest BCUT2D eigenvalue weighted by Crippen LogP contribution is 2.24. The van der Waals surface area contributed by atoms with Crippen LogP contribution in [-0.4, -0.2) is 5.91 Å². The highest BCUT2D eigenvalue weighted by molar-refractivity contribution is 6.34. The van der Waals surface area contributed by atoms with Crippen LogP contribution in [0.5, 0.6) is 0 Å². The number of carbonyl (C=O) groups is 1. The lowest BCUT2D eigenvalue weighted by Gasteiger charge is -2.10. The lowest BCUT2D eigenvalue weighted by Crippen LogP contribution is -2.14. The van der Waals surface area contributed by atoms with Crippen molar-refractivity contribution in [1.82, 2.24) is 0 Å². The molecule has 0 aliphatic heterocycles. The smallest absolute Gasteiger partial charge is 0.255 e. The molecule has 0 fully saturated rings. The summed E-state index contributed by atoms with van der Waals surface area (Å²) >= 11 is 6.03. The fourth-order valence-corrected chi connectivity index (χ4v) is 2.03. The van der Waals surface area contributed by atoms with Crippen LogP contribution in [0.4, 0.5) is 5.69 Å². The Morgan fingerprint density at radius 3 is 2.65 bits per heavy atom. The number of hydrogen-bond donors (Lipinski definition) is 1. The van der Waals surface area contributed by atoms with Gasteiger partial charge in [-0.05, 0) is 43.7 Å². The molecule has 0 aliphatic rings. The average molecular weight is 285 g/mol. The van der Waals surface area contributed by atoms with Crippen LogP contribution in [0.3, 0.4) is 0 Å². The molecular weight excluding hydrogens is 272 g/mol. The van der Waals surface area contributed by atoms with E-state index in [1.54, 1.807) is 18.2 Å². The number of carbonyl (C=O) groups excluding carboxylic acids is 1. The van der Waals surface area contributed by atoms with E-state index in [-0.39, 0.29) is 5.91 Å². The molecule has 4 heteroatoms. The standard InChI is InChI=1S/C16H13ClN2O/c1-10-3-4-11(2)13(7-10)16(20)19-15-8-12(9-18)5-6-14(15)17/h3-8H,1-2H3,(H,19,20). The summed E-state index contributed by atoms with van der Waals surface area (Å²) in [6.07, 6.45) is 0. The van der Waals surface area contributed by atoms with E-state index in [0.717, 1.165) is 11.1 Å². The molecule has 1 N–H and O–H groups in total. The number of nitrogens with one attached hydrogen (secondary N) is 1. The van der Waals surface area contributed by atoms with E-state index in [4.69, 9.17) is 16.9 Å². The lowest BCUT2D eigenvalue weighted by molar-refractivity contribution is 0.102. The Hall–Kier alpha value is -2.31. The van der Waals surface area contributed by atoms with Crippen molar-refractivity contribution < 1.29 is 4.79 Å². The van der Waals surface area contributed by atoms with Gasteiger partial charge in [-0.15, -0.1) is 0 Å². The third-order valence-electron chi connectivity index (χ3n) is 2.98. The normalized spacial score (nSPS) is 9.90. The molecule has 0 aliphatic carbocycles. The summed E-state index contributed by atoms with van der Waals surface area (Å²) in [5.41, 5.74) is 3.39. The van der Waals surface area contributed by atoms with E-state index in [0.29, 0.717) is 21.8 Å².